The molecule has 0 fully saturated rings. The summed E-state index contributed by atoms with van der Waals surface area (Å²) in [5.41, 5.74) is 1.66. The lowest BCUT2D eigenvalue weighted by Crippen LogP contribution is -2.29. The number of thiophene rings is 1. The Morgan fingerprint density at radius 2 is 1.96 bits per heavy atom. The second-order valence-electron chi connectivity index (χ2n) is 6.21. The fourth-order valence-corrected chi connectivity index (χ4v) is 3.56. The van der Waals surface area contributed by atoms with Gasteiger partial charge in [-0.2, -0.15) is 0 Å². The molecule has 0 saturated carbocycles. The van der Waals surface area contributed by atoms with Crippen molar-refractivity contribution in [3.8, 4) is 5.75 Å². The zero-order chi connectivity index (χ0) is 18.5. The predicted octanol–water partition coefficient (Wildman–Crippen LogP) is 4.86. The van der Waals surface area contributed by atoms with E-state index < -0.39 is 0 Å². The minimum atomic E-state index is 0.00219. The Morgan fingerprint density at radius 1 is 1.19 bits per heavy atom. The van der Waals surface area contributed by atoms with E-state index in [9.17, 15) is 4.79 Å². The molecule has 2 heterocycles. The molecule has 3 rings (SSSR count). The Hall–Kier alpha value is -2.66. The number of aromatic nitrogens is 1. The lowest BCUT2D eigenvalue weighted by atomic mass is 10.1. The summed E-state index contributed by atoms with van der Waals surface area (Å²) in [6, 6.07) is 15.3. The van der Waals surface area contributed by atoms with E-state index >= 15 is 0 Å². The molecule has 4 nitrogen and oxygen atoms in total. The molecule has 0 aliphatic rings. The van der Waals surface area contributed by atoms with E-state index in [1.54, 1.807) is 28.6 Å². The van der Waals surface area contributed by atoms with Gasteiger partial charge in [-0.25, -0.2) is 0 Å². The molecule has 1 aromatic carbocycles. The smallest absolute Gasteiger partial charge is 0.254 e. The molecule has 2 aromatic heterocycles. The summed E-state index contributed by atoms with van der Waals surface area (Å²) < 4.78 is 5.74. The number of ether oxygens (including phenoxy) is 1. The van der Waals surface area contributed by atoms with Crippen LogP contribution in [-0.4, -0.2) is 22.8 Å². The molecule has 3 aromatic rings. The Bertz CT molecular complexity index is 859. The van der Waals surface area contributed by atoms with E-state index in [2.05, 4.69) is 31.0 Å². The molecule has 0 aliphatic carbocycles. The van der Waals surface area contributed by atoms with E-state index in [-0.39, 0.29) is 11.9 Å². The average Bonchev–Trinajstić information content (AvgIpc) is 3.12. The highest BCUT2D eigenvalue weighted by Gasteiger charge is 2.20. The number of rotatable bonds is 6. The van der Waals surface area contributed by atoms with Crippen LogP contribution in [0.1, 0.15) is 38.6 Å². The summed E-state index contributed by atoms with van der Waals surface area (Å²) in [5.74, 6) is 0.734. The zero-order valence-corrected chi connectivity index (χ0v) is 16.0. The second-order valence-corrected chi connectivity index (χ2v) is 7.53. The quantitative estimate of drug-likeness (QED) is 0.625. The topological polar surface area (TPSA) is 42.4 Å². The first-order chi connectivity index (χ1) is 12.5. The van der Waals surface area contributed by atoms with Crippen molar-refractivity contribution in [3.63, 3.8) is 0 Å². The predicted molar refractivity (Wildman–Crippen MR) is 105 cm³/mol. The van der Waals surface area contributed by atoms with Gasteiger partial charge in [0.2, 0.25) is 0 Å². The van der Waals surface area contributed by atoms with Gasteiger partial charge in [0.05, 0.1) is 6.04 Å². The summed E-state index contributed by atoms with van der Waals surface area (Å²) in [7, 11) is 1.84. The van der Waals surface area contributed by atoms with Crippen molar-refractivity contribution >= 4 is 17.2 Å². The summed E-state index contributed by atoms with van der Waals surface area (Å²) >= 11 is 1.72. The average molecular weight is 366 g/mol. The van der Waals surface area contributed by atoms with E-state index in [4.69, 9.17) is 4.74 Å². The Balaban J connectivity index is 1.62. The Kier molecular flexibility index (Phi) is 5.68. The molecule has 134 valence electrons. The minimum absolute atomic E-state index is 0.00219. The van der Waals surface area contributed by atoms with Gasteiger partial charge in [-0.3, -0.25) is 9.78 Å². The summed E-state index contributed by atoms with van der Waals surface area (Å²) in [5, 5.41) is 0. The van der Waals surface area contributed by atoms with Crippen LogP contribution in [-0.2, 0) is 6.61 Å². The first-order valence-electron chi connectivity index (χ1n) is 8.50. The third-order valence-electron chi connectivity index (χ3n) is 4.30. The van der Waals surface area contributed by atoms with Crippen molar-refractivity contribution in [3.05, 3.63) is 81.8 Å². The number of amides is 1. The molecule has 5 heteroatoms. The van der Waals surface area contributed by atoms with Gasteiger partial charge >= 0.3 is 0 Å². The van der Waals surface area contributed by atoms with Crippen LogP contribution in [0.4, 0.5) is 0 Å². The van der Waals surface area contributed by atoms with Crippen LogP contribution in [0, 0.1) is 6.92 Å². The van der Waals surface area contributed by atoms with Crippen molar-refractivity contribution in [2.24, 2.45) is 0 Å². The Morgan fingerprint density at radius 3 is 2.58 bits per heavy atom. The number of pyridine rings is 1. The molecule has 0 aliphatic heterocycles. The third-order valence-corrected chi connectivity index (χ3v) is 5.47. The molecule has 0 N–H and O–H groups in total. The molecular formula is C21H22N2O2S. The number of hydrogen-bond donors (Lipinski definition) is 0. The number of hydrogen-bond acceptors (Lipinski definition) is 4. The van der Waals surface area contributed by atoms with Gasteiger partial charge in [0.25, 0.3) is 5.91 Å². The maximum atomic E-state index is 12.7. The van der Waals surface area contributed by atoms with Crippen LogP contribution in [0.5, 0.6) is 5.75 Å². The van der Waals surface area contributed by atoms with Crippen LogP contribution in [0.3, 0.4) is 0 Å². The van der Waals surface area contributed by atoms with Crippen LogP contribution in [0.2, 0.25) is 0 Å². The van der Waals surface area contributed by atoms with Crippen molar-refractivity contribution in [1.29, 1.82) is 0 Å². The summed E-state index contributed by atoms with van der Waals surface area (Å²) in [6.45, 7) is 4.58. The highest BCUT2D eigenvalue weighted by atomic mass is 32.1. The van der Waals surface area contributed by atoms with Gasteiger partial charge in [0.1, 0.15) is 12.4 Å². The van der Waals surface area contributed by atoms with E-state index in [1.165, 1.54) is 9.75 Å². The number of aryl methyl sites for hydroxylation is 1. The molecule has 26 heavy (non-hydrogen) atoms. The molecule has 1 atom stereocenters. The monoisotopic (exact) mass is 366 g/mol. The largest absolute Gasteiger partial charge is 0.489 e. The first-order valence-corrected chi connectivity index (χ1v) is 9.31. The van der Waals surface area contributed by atoms with Gasteiger partial charge in [-0.15, -0.1) is 11.3 Å². The minimum Gasteiger partial charge on any atom is -0.489 e. The molecule has 0 unspecified atom stereocenters. The zero-order valence-electron chi connectivity index (χ0n) is 15.2. The van der Waals surface area contributed by atoms with E-state index in [0.29, 0.717) is 12.2 Å². The maximum Gasteiger partial charge on any atom is 0.254 e. The third kappa shape index (κ3) is 4.29. The van der Waals surface area contributed by atoms with Crippen LogP contribution >= 0.6 is 11.3 Å². The Labute approximate surface area is 158 Å². The second kappa shape index (κ2) is 8.15. The SMILES string of the molecule is Cc1ccc([C@H](C)N(C)C(=O)c2ccc(OCc3cccnc3)cc2)s1. The number of carbonyl (C=O) groups is 1. The molecule has 0 radical (unpaired) electrons. The van der Waals surface area contributed by atoms with Crippen LogP contribution in [0.15, 0.2) is 60.9 Å². The van der Waals surface area contributed by atoms with Gasteiger partial charge in [-0.1, -0.05) is 6.07 Å². The van der Waals surface area contributed by atoms with E-state index in [1.807, 2.05) is 43.4 Å². The molecular weight excluding hydrogens is 344 g/mol. The van der Waals surface area contributed by atoms with Gasteiger partial charge in [-0.05, 0) is 56.3 Å². The van der Waals surface area contributed by atoms with Gasteiger partial charge < -0.3 is 9.64 Å². The molecule has 0 bridgehead atoms. The lowest BCUT2D eigenvalue weighted by Gasteiger charge is -2.24. The van der Waals surface area contributed by atoms with Crippen molar-refractivity contribution in [2.45, 2.75) is 26.5 Å². The fourth-order valence-electron chi connectivity index (χ4n) is 2.59. The highest BCUT2D eigenvalue weighted by Crippen LogP contribution is 2.27. The van der Waals surface area contributed by atoms with Gasteiger partial charge in [0.15, 0.2) is 0 Å². The standard InChI is InChI=1S/C21H22N2O2S/c1-15-6-11-20(26-15)16(2)23(3)21(24)18-7-9-19(10-8-18)25-14-17-5-4-12-22-13-17/h4-13,16H,14H2,1-3H3/t16-/m0/s1. The summed E-state index contributed by atoms with van der Waals surface area (Å²) in [6.07, 6.45) is 3.51. The number of benzene rings is 1. The summed E-state index contributed by atoms with van der Waals surface area (Å²) in [4.78, 5) is 21.0. The van der Waals surface area contributed by atoms with E-state index in [0.717, 1.165) is 11.3 Å². The fraction of sp³-hybridized carbons (Fsp3) is 0.238. The number of nitrogens with zero attached hydrogens (tertiary/aromatic N) is 2. The molecule has 0 spiro atoms. The lowest BCUT2D eigenvalue weighted by molar-refractivity contribution is 0.0745. The van der Waals surface area contributed by atoms with Crippen molar-refractivity contribution in [1.82, 2.24) is 9.88 Å². The highest BCUT2D eigenvalue weighted by molar-refractivity contribution is 7.12. The first kappa shape index (κ1) is 18.1. The van der Waals surface area contributed by atoms with Crippen LogP contribution in [0.25, 0.3) is 0 Å². The number of carbonyl (C=O) groups excluding carboxylic acids is 1. The maximum absolute atomic E-state index is 12.7. The van der Waals surface area contributed by atoms with Crippen LogP contribution < -0.4 is 4.74 Å². The van der Waals surface area contributed by atoms with Gasteiger partial charge in [0, 0.05) is 40.3 Å². The van der Waals surface area contributed by atoms with Crippen molar-refractivity contribution < 1.29 is 9.53 Å². The van der Waals surface area contributed by atoms with Crippen molar-refractivity contribution in [2.75, 3.05) is 7.05 Å². The normalized spacial score (nSPS) is 11.8. The molecule has 1 amide bonds. The molecule has 0 saturated heterocycles.